The third-order valence-electron chi connectivity index (χ3n) is 2.74. The van der Waals surface area contributed by atoms with E-state index < -0.39 is 0 Å². The van der Waals surface area contributed by atoms with Gasteiger partial charge in [-0.3, -0.25) is 0 Å². The van der Waals surface area contributed by atoms with Gasteiger partial charge < -0.3 is 4.74 Å². The van der Waals surface area contributed by atoms with E-state index in [0.29, 0.717) is 0 Å². The fraction of sp³-hybridized carbons (Fsp3) is 0.467. The molecule has 0 bridgehead atoms. The zero-order valence-electron chi connectivity index (χ0n) is 10.7. The van der Waals surface area contributed by atoms with Crippen LogP contribution >= 0.6 is 0 Å². The highest BCUT2D eigenvalue weighted by Crippen LogP contribution is 2.23. The zero-order chi connectivity index (χ0) is 12.0. The van der Waals surface area contributed by atoms with Crippen LogP contribution < -0.4 is 4.74 Å². The molecule has 0 heterocycles. The Balaban J connectivity index is 2.84. The Labute approximate surface area is 99.1 Å². The van der Waals surface area contributed by atoms with Crippen molar-refractivity contribution in [3.8, 4) is 5.75 Å². The highest BCUT2D eigenvalue weighted by atomic mass is 16.5. The predicted octanol–water partition coefficient (Wildman–Crippen LogP) is 4.21. The number of ether oxygens (including phenoxy) is 1. The molecule has 0 unspecified atom stereocenters. The van der Waals surface area contributed by atoms with E-state index in [1.165, 1.54) is 16.7 Å². The average Bonchev–Trinajstić information content (AvgIpc) is 2.25. The highest BCUT2D eigenvalue weighted by molar-refractivity contribution is 5.41. The normalized spacial score (nSPS) is 10.2. The maximum atomic E-state index is 5.66. The second-order valence-corrected chi connectivity index (χ2v) is 4.21. The molecule has 0 aliphatic heterocycles. The molecule has 0 radical (unpaired) electrons. The molecule has 0 saturated heterocycles. The molecule has 88 valence electrons. The summed E-state index contributed by atoms with van der Waals surface area (Å²) in [6.45, 7) is 11.0. The van der Waals surface area contributed by atoms with E-state index in [-0.39, 0.29) is 0 Å². The molecule has 0 spiro atoms. The number of rotatable bonds is 6. The summed E-state index contributed by atoms with van der Waals surface area (Å²) in [5, 5.41) is 0. The molecule has 0 aromatic heterocycles. The van der Waals surface area contributed by atoms with Crippen molar-refractivity contribution < 1.29 is 4.74 Å². The van der Waals surface area contributed by atoms with Crippen LogP contribution in [0.25, 0.3) is 0 Å². The van der Waals surface area contributed by atoms with Crippen LogP contribution in [0.2, 0.25) is 0 Å². The first-order valence-electron chi connectivity index (χ1n) is 6.02. The van der Waals surface area contributed by atoms with E-state index in [0.717, 1.165) is 31.6 Å². The highest BCUT2D eigenvalue weighted by Gasteiger charge is 2.05. The van der Waals surface area contributed by atoms with Gasteiger partial charge in [-0.2, -0.15) is 0 Å². The van der Waals surface area contributed by atoms with Crippen molar-refractivity contribution in [1.29, 1.82) is 0 Å². The maximum absolute atomic E-state index is 5.66. The fourth-order valence-electron chi connectivity index (χ4n) is 1.90. The van der Waals surface area contributed by atoms with Crippen LogP contribution in [0, 0.1) is 13.8 Å². The molecular weight excluding hydrogens is 196 g/mol. The molecule has 0 aliphatic rings. The summed E-state index contributed by atoms with van der Waals surface area (Å²) in [5.41, 5.74) is 4.09. The van der Waals surface area contributed by atoms with E-state index >= 15 is 0 Å². The van der Waals surface area contributed by atoms with Gasteiger partial charge in [-0.1, -0.05) is 13.0 Å². The van der Waals surface area contributed by atoms with Crippen molar-refractivity contribution in [1.82, 2.24) is 0 Å². The summed E-state index contributed by atoms with van der Waals surface area (Å²) in [4.78, 5) is 0. The monoisotopic (exact) mass is 218 g/mol. The lowest BCUT2D eigenvalue weighted by Gasteiger charge is -2.12. The summed E-state index contributed by atoms with van der Waals surface area (Å²) >= 11 is 0. The van der Waals surface area contributed by atoms with E-state index in [1.54, 1.807) is 0 Å². The van der Waals surface area contributed by atoms with Crippen molar-refractivity contribution >= 4 is 0 Å². The smallest absolute Gasteiger partial charge is 0.119 e. The minimum atomic E-state index is 0.797. The molecule has 1 heteroatoms. The van der Waals surface area contributed by atoms with Crippen molar-refractivity contribution in [3.05, 3.63) is 41.5 Å². The van der Waals surface area contributed by atoms with Gasteiger partial charge in [-0.25, -0.2) is 0 Å². The van der Waals surface area contributed by atoms with Crippen LogP contribution in [0.1, 0.15) is 36.5 Å². The second-order valence-electron chi connectivity index (χ2n) is 4.21. The molecule has 0 N–H and O–H groups in total. The fourth-order valence-corrected chi connectivity index (χ4v) is 1.90. The summed E-state index contributed by atoms with van der Waals surface area (Å²) < 4.78 is 5.66. The van der Waals surface area contributed by atoms with Gasteiger partial charge in [0.1, 0.15) is 5.75 Å². The topological polar surface area (TPSA) is 9.23 Å². The minimum Gasteiger partial charge on any atom is -0.494 e. The lowest BCUT2D eigenvalue weighted by Crippen LogP contribution is -1.99. The molecule has 0 saturated carbocycles. The quantitative estimate of drug-likeness (QED) is 0.650. The van der Waals surface area contributed by atoms with E-state index in [4.69, 9.17) is 4.74 Å². The van der Waals surface area contributed by atoms with Crippen LogP contribution in [-0.2, 0) is 6.42 Å². The first-order valence-corrected chi connectivity index (χ1v) is 6.02. The van der Waals surface area contributed by atoms with Gasteiger partial charge >= 0.3 is 0 Å². The predicted molar refractivity (Wildman–Crippen MR) is 70.2 cm³/mol. The third kappa shape index (κ3) is 3.41. The van der Waals surface area contributed by atoms with Crippen LogP contribution in [0.4, 0.5) is 0 Å². The molecule has 1 aromatic rings. The van der Waals surface area contributed by atoms with Crippen LogP contribution in [0.15, 0.2) is 24.8 Å². The number of allylic oxidation sites excluding steroid dienone is 1. The third-order valence-corrected chi connectivity index (χ3v) is 2.74. The Morgan fingerprint density at radius 1 is 1.25 bits per heavy atom. The first kappa shape index (κ1) is 12.8. The summed E-state index contributed by atoms with van der Waals surface area (Å²) in [6, 6.07) is 4.28. The molecule has 1 aromatic carbocycles. The Morgan fingerprint density at radius 3 is 2.38 bits per heavy atom. The van der Waals surface area contributed by atoms with Gasteiger partial charge in [0.05, 0.1) is 6.61 Å². The van der Waals surface area contributed by atoms with Gasteiger partial charge in [0.25, 0.3) is 0 Å². The molecular formula is C15H22O. The number of hydrogen-bond acceptors (Lipinski definition) is 1. The van der Waals surface area contributed by atoms with Gasteiger partial charge in [0.2, 0.25) is 0 Å². The molecule has 0 amide bonds. The molecule has 0 fully saturated rings. The zero-order valence-corrected chi connectivity index (χ0v) is 10.7. The Morgan fingerprint density at radius 2 is 1.88 bits per heavy atom. The number of aryl methyl sites for hydroxylation is 2. The number of hydrogen-bond donors (Lipinski definition) is 0. The second kappa shape index (κ2) is 6.37. The van der Waals surface area contributed by atoms with Crippen molar-refractivity contribution in [2.45, 2.75) is 40.0 Å². The van der Waals surface area contributed by atoms with Gasteiger partial charge in [0.15, 0.2) is 0 Å². The molecule has 1 nitrogen and oxygen atoms in total. The number of benzene rings is 1. The van der Waals surface area contributed by atoms with Crippen LogP contribution in [0.5, 0.6) is 5.75 Å². The maximum Gasteiger partial charge on any atom is 0.119 e. The average molecular weight is 218 g/mol. The van der Waals surface area contributed by atoms with E-state index in [2.05, 4.69) is 39.5 Å². The Kier molecular flexibility index (Phi) is 5.10. The largest absolute Gasteiger partial charge is 0.494 e. The van der Waals surface area contributed by atoms with Gasteiger partial charge in [-0.15, -0.1) is 6.58 Å². The molecule has 16 heavy (non-hydrogen) atoms. The van der Waals surface area contributed by atoms with Crippen LogP contribution in [0.3, 0.4) is 0 Å². The molecule has 0 aliphatic carbocycles. The minimum absolute atomic E-state index is 0.797. The first-order chi connectivity index (χ1) is 7.69. The summed E-state index contributed by atoms with van der Waals surface area (Å²) in [7, 11) is 0. The van der Waals surface area contributed by atoms with E-state index in [1.807, 2.05) is 6.08 Å². The standard InChI is InChI=1S/C15H22O/c1-5-7-8-15-12(3)10-14(11-13(15)4)16-9-6-2/h5,10-11H,1,6-9H2,2-4H3. The lowest BCUT2D eigenvalue weighted by molar-refractivity contribution is 0.317. The van der Waals surface area contributed by atoms with Gasteiger partial charge in [0, 0.05) is 0 Å². The Bertz CT molecular complexity index is 329. The molecule has 1 rings (SSSR count). The van der Waals surface area contributed by atoms with Crippen molar-refractivity contribution in [3.63, 3.8) is 0 Å². The SMILES string of the molecule is C=CCCc1c(C)cc(OCCC)cc1C. The van der Waals surface area contributed by atoms with Gasteiger partial charge in [-0.05, 0) is 61.9 Å². The van der Waals surface area contributed by atoms with E-state index in [9.17, 15) is 0 Å². The molecule has 0 atom stereocenters. The van der Waals surface area contributed by atoms with Crippen molar-refractivity contribution in [2.24, 2.45) is 0 Å². The van der Waals surface area contributed by atoms with Crippen molar-refractivity contribution in [2.75, 3.05) is 6.61 Å². The van der Waals surface area contributed by atoms with Crippen LogP contribution in [-0.4, -0.2) is 6.61 Å². The lowest BCUT2D eigenvalue weighted by atomic mass is 9.98. The Hall–Kier alpha value is -1.24. The summed E-state index contributed by atoms with van der Waals surface area (Å²) in [5.74, 6) is 0.999. The summed E-state index contributed by atoms with van der Waals surface area (Å²) in [6.07, 6.45) is 5.14.